The first-order valence-electron chi connectivity index (χ1n) is 8.01. The van der Waals surface area contributed by atoms with Crippen molar-refractivity contribution >= 4 is 0 Å². The number of likely N-dealkylation sites (N-methyl/N-ethyl adjacent to an activating group) is 1. The fraction of sp³-hybridized carbons (Fsp3) is 0.812. The molecule has 1 atom stereocenters. The predicted octanol–water partition coefficient (Wildman–Crippen LogP) is 2.18. The Hall–Kier alpha value is -0.910. The van der Waals surface area contributed by atoms with Crippen molar-refractivity contribution in [3.05, 3.63) is 18.0 Å². The van der Waals surface area contributed by atoms with Gasteiger partial charge in [-0.1, -0.05) is 6.92 Å². The fourth-order valence-electron chi connectivity index (χ4n) is 3.09. The van der Waals surface area contributed by atoms with E-state index in [0.29, 0.717) is 6.04 Å². The van der Waals surface area contributed by atoms with E-state index in [4.69, 9.17) is 9.47 Å². The number of hydrogen-bond acceptors (Lipinski definition) is 4. The van der Waals surface area contributed by atoms with Gasteiger partial charge in [-0.05, 0) is 26.5 Å². The van der Waals surface area contributed by atoms with E-state index >= 15 is 0 Å². The molecule has 1 N–H and O–H groups in total. The number of hydrogen-bond donors (Lipinski definition) is 1. The van der Waals surface area contributed by atoms with E-state index in [9.17, 15) is 0 Å². The third-order valence-electron chi connectivity index (χ3n) is 4.44. The van der Waals surface area contributed by atoms with Crippen LogP contribution in [0.15, 0.2) is 12.3 Å². The highest BCUT2D eigenvalue weighted by molar-refractivity contribution is 5.07. The van der Waals surface area contributed by atoms with Crippen LogP contribution in [-0.4, -0.2) is 48.3 Å². The first-order chi connectivity index (χ1) is 10.1. The molecule has 1 aliphatic heterocycles. The summed E-state index contributed by atoms with van der Waals surface area (Å²) >= 11 is 0. The second kappa shape index (κ2) is 7.38. The van der Waals surface area contributed by atoms with Crippen molar-refractivity contribution in [1.82, 2.24) is 15.1 Å². The van der Waals surface area contributed by atoms with Crippen LogP contribution in [0.4, 0.5) is 0 Å². The van der Waals surface area contributed by atoms with Gasteiger partial charge in [0.2, 0.25) is 0 Å². The monoisotopic (exact) mass is 295 g/mol. The first-order valence-corrected chi connectivity index (χ1v) is 8.01. The lowest BCUT2D eigenvalue weighted by Crippen LogP contribution is -2.56. The topological polar surface area (TPSA) is 48.3 Å². The Morgan fingerprint density at radius 1 is 1.43 bits per heavy atom. The Balaban J connectivity index is 2.13. The fourth-order valence-corrected chi connectivity index (χ4v) is 3.09. The van der Waals surface area contributed by atoms with Gasteiger partial charge >= 0.3 is 0 Å². The minimum Gasteiger partial charge on any atom is -0.381 e. The van der Waals surface area contributed by atoms with E-state index in [2.05, 4.69) is 43.4 Å². The Morgan fingerprint density at radius 2 is 2.14 bits per heavy atom. The van der Waals surface area contributed by atoms with Crippen molar-refractivity contribution in [3.8, 4) is 0 Å². The number of nitrogens with one attached hydrogen (secondary N) is 1. The SMILES string of the molecule is CCNC(Cc1ccn(C(C)C)n1)C1(OC)CCOCC1. The molecule has 1 fully saturated rings. The largest absolute Gasteiger partial charge is 0.381 e. The minimum atomic E-state index is -0.143. The highest BCUT2D eigenvalue weighted by atomic mass is 16.5. The number of rotatable bonds is 7. The highest BCUT2D eigenvalue weighted by Gasteiger charge is 2.40. The zero-order valence-electron chi connectivity index (χ0n) is 13.8. The Morgan fingerprint density at radius 3 is 2.67 bits per heavy atom. The van der Waals surface area contributed by atoms with E-state index in [1.54, 1.807) is 0 Å². The lowest BCUT2D eigenvalue weighted by molar-refractivity contribution is -0.110. The molecule has 120 valence electrons. The second-order valence-corrected chi connectivity index (χ2v) is 6.08. The Kier molecular flexibility index (Phi) is 5.79. The van der Waals surface area contributed by atoms with E-state index in [1.807, 2.05) is 11.8 Å². The maximum atomic E-state index is 5.94. The molecule has 1 aromatic rings. The number of nitrogens with zero attached hydrogens (tertiary/aromatic N) is 2. The molecule has 0 saturated carbocycles. The van der Waals surface area contributed by atoms with Crippen LogP contribution in [0.3, 0.4) is 0 Å². The number of aromatic nitrogens is 2. The molecule has 1 aromatic heterocycles. The zero-order chi connectivity index (χ0) is 15.3. The summed E-state index contributed by atoms with van der Waals surface area (Å²) < 4.78 is 13.5. The smallest absolute Gasteiger partial charge is 0.0878 e. The van der Waals surface area contributed by atoms with Gasteiger partial charge in [-0.3, -0.25) is 4.68 Å². The average Bonchev–Trinajstić information content (AvgIpc) is 2.96. The third kappa shape index (κ3) is 3.84. The molecule has 0 bridgehead atoms. The van der Waals surface area contributed by atoms with Crippen molar-refractivity contribution < 1.29 is 9.47 Å². The second-order valence-electron chi connectivity index (χ2n) is 6.08. The Labute approximate surface area is 128 Å². The van der Waals surface area contributed by atoms with Gasteiger partial charge in [0.05, 0.1) is 11.3 Å². The lowest BCUT2D eigenvalue weighted by Gasteiger charge is -2.42. The molecule has 2 rings (SSSR count). The summed E-state index contributed by atoms with van der Waals surface area (Å²) in [5.74, 6) is 0. The van der Waals surface area contributed by atoms with Gasteiger partial charge in [-0.2, -0.15) is 5.10 Å². The summed E-state index contributed by atoms with van der Waals surface area (Å²) in [5.41, 5.74) is 0.980. The predicted molar refractivity (Wildman–Crippen MR) is 83.6 cm³/mol. The van der Waals surface area contributed by atoms with Crippen LogP contribution in [0, 0.1) is 0 Å². The quantitative estimate of drug-likeness (QED) is 0.837. The molecule has 1 saturated heterocycles. The summed E-state index contributed by atoms with van der Waals surface area (Å²) in [6, 6.07) is 2.79. The van der Waals surface area contributed by atoms with Crippen LogP contribution in [0.5, 0.6) is 0 Å². The maximum absolute atomic E-state index is 5.94. The average molecular weight is 295 g/mol. The summed E-state index contributed by atoms with van der Waals surface area (Å²) in [4.78, 5) is 0. The lowest BCUT2D eigenvalue weighted by atomic mass is 9.83. The van der Waals surface area contributed by atoms with Crippen LogP contribution >= 0.6 is 0 Å². The molecule has 0 aliphatic carbocycles. The molecular formula is C16H29N3O2. The van der Waals surface area contributed by atoms with Crippen LogP contribution in [0.2, 0.25) is 0 Å². The van der Waals surface area contributed by atoms with E-state index in [0.717, 1.165) is 44.7 Å². The molecule has 2 heterocycles. The number of ether oxygens (including phenoxy) is 2. The molecule has 0 radical (unpaired) electrons. The minimum absolute atomic E-state index is 0.143. The van der Waals surface area contributed by atoms with Gasteiger partial charge in [0.25, 0.3) is 0 Å². The van der Waals surface area contributed by atoms with Crippen LogP contribution < -0.4 is 5.32 Å². The normalized spacial score (nSPS) is 19.9. The first kappa shape index (κ1) is 16.5. The summed E-state index contributed by atoms with van der Waals surface area (Å²) in [6.07, 6.45) is 4.83. The summed E-state index contributed by atoms with van der Waals surface area (Å²) in [7, 11) is 1.82. The van der Waals surface area contributed by atoms with Crippen molar-refractivity contribution in [2.75, 3.05) is 26.9 Å². The molecule has 21 heavy (non-hydrogen) atoms. The summed E-state index contributed by atoms with van der Waals surface area (Å²) in [5, 5.41) is 8.28. The molecule has 0 aromatic carbocycles. The van der Waals surface area contributed by atoms with Crippen molar-refractivity contribution in [3.63, 3.8) is 0 Å². The molecule has 0 spiro atoms. The molecule has 0 amide bonds. The van der Waals surface area contributed by atoms with Gasteiger partial charge in [-0.15, -0.1) is 0 Å². The van der Waals surface area contributed by atoms with Crippen LogP contribution in [0.25, 0.3) is 0 Å². The van der Waals surface area contributed by atoms with Crippen LogP contribution in [-0.2, 0) is 15.9 Å². The van der Waals surface area contributed by atoms with Crippen LogP contribution in [0.1, 0.15) is 45.3 Å². The molecule has 5 heteroatoms. The van der Waals surface area contributed by atoms with E-state index in [1.165, 1.54) is 0 Å². The van der Waals surface area contributed by atoms with E-state index in [-0.39, 0.29) is 11.6 Å². The molecule has 1 aliphatic rings. The maximum Gasteiger partial charge on any atom is 0.0878 e. The van der Waals surface area contributed by atoms with Gasteiger partial charge in [-0.25, -0.2) is 0 Å². The van der Waals surface area contributed by atoms with E-state index < -0.39 is 0 Å². The van der Waals surface area contributed by atoms with Gasteiger partial charge in [0.1, 0.15) is 0 Å². The molecule has 5 nitrogen and oxygen atoms in total. The van der Waals surface area contributed by atoms with Gasteiger partial charge in [0, 0.05) is 57.9 Å². The van der Waals surface area contributed by atoms with Crippen molar-refractivity contribution in [1.29, 1.82) is 0 Å². The van der Waals surface area contributed by atoms with Crippen molar-refractivity contribution in [2.45, 2.75) is 57.7 Å². The van der Waals surface area contributed by atoms with Gasteiger partial charge in [0.15, 0.2) is 0 Å². The third-order valence-corrected chi connectivity index (χ3v) is 4.44. The zero-order valence-corrected chi connectivity index (χ0v) is 13.8. The summed E-state index contributed by atoms with van der Waals surface area (Å²) in [6.45, 7) is 8.91. The van der Waals surface area contributed by atoms with Crippen molar-refractivity contribution in [2.24, 2.45) is 0 Å². The number of methoxy groups -OCH3 is 1. The van der Waals surface area contributed by atoms with Gasteiger partial charge < -0.3 is 14.8 Å². The molecule has 1 unspecified atom stereocenters. The molecular weight excluding hydrogens is 266 g/mol. The standard InChI is InChI=1S/C16H29N3O2/c1-5-17-15(16(20-4)7-10-21-11-8-16)12-14-6-9-19(18-14)13(2)3/h6,9,13,15,17H,5,7-8,10-12H2,1-4H3. The highest BCUT2D eigenvalue weighted by Crippen LogP contribution is 2.30. The Bertz CT molecular complexity index is 425.